The predicted molar refractivity (Wildman–Crippen MR) is 149 cm³/mol. The van der Waals surface area contributed by atoms with Crippen molar-refractivity contribution in [2.75, 3.05) is 11.1 Å². The van der Waals surface area contributed by atoms with E-state index < -0.39 is 20.6 Å². The van der Waals surface area contributed by atoms with Gasteiger partial charge in [-0.1, -0.05) is 54.6 Å². The fourth-order valence-corrected chi connectivity index (χ4v) is 5.55. The number of rotatable bonds is 4. The van der Waals surface area contributed by atoms with Crippen molar-refractivity contribution in [1.82, 2.24) is 4.98 Å². The fraction of sp³-hybridized carbons (Fsp3) is 0. The molecule has 10 heteroatoms. The minimum absolute atomic E-state index is 0.0196. The molecule has 4 aromatic rings. The first-order chi connectivity index (χ1) is 18.6. The quantitative estimate of drug-likeness (QED) is 0.195. The third-order valence-electron chi connectivity index (χ3n) is 6.64. The van der Waals surface area contributed by atoms with E-state index in [2.05, 4.69) is 10.3 Å². The summed E-state index contributed by atoms with van der Waals surface area (Å²) in [6.45, 7) is 0. The SMILES string of the molecule is Nc1cc(Nc2ccc3nc(=O)c(=C(O)c4ccccc4)c4c5ccccc5c(=O)c2c3=4)ccc1S(=O)(=O)O. The summed E-state index contributed by atoms with van der Waals surface area (Å²) >= 11 is 0. The van der Waals surface area contributed by atoms with Crippen molar-refractivity contribution in [3.63, 3.8) is 0 Å². The van der Waals surface area contributed by atoms with E-state index in [0.717, 1.165) is 6.07 Å². The molecule has 192 valence electrons. The Hall–Kier alpha value is -5.06. The molecule has 0 unspecified atom stereocenters. The Morgan fingerprint density at radius 3 is 2.23 bits per heavy atom. The summed E-state index contributed by atoms with van der Waals surface area (Å²) in [5.74, 6) is -0.257. The zero-order chi connectivity index (χ0) is 27.5. The van der Waals surface area contributed by atoms with E-state index in [-0.39, 0.29) is 33.0 Å². The number of aliphatic hydroxyl groups is 1. The van der Waals surface area contributed by atoms with Gasteiger partial charge in [-0.2, -0.15) is 8.42 Å². The van der Waals surface area contributed by atoms with Gasteiger partial charge in [-0.3, -0.25) is 14.1 Å². The van der Waals surface area contributed by atoms with Crippen molar-refractivity contribution in [2.24, 2.45) is 0 Å². The van der Waals surface area contributed by atoms with Gasteiger partial charge in [0.15, 0.2) is 5.43 Å². The number of hydrogen-bond donors (Lipinski definition) is 4. The van der Waals surface area contributed by atoms with Crippen molar-refractivity contribution >= 4 is 54.6 Å². The Morgan fingerprint density at radius 2 is 1.54 bits per heavy atom. The Balaban J connectivity index is 1.76. The van der Waals surface area contributed by atoms with Crippen molar-refractivity contribution in [1.29, 1.82) is 0 Å². The van der Waals surface area contributed by atoms with Gasteiger partial charge >= 0.3 is 0 Å². The van der Waals surface area contributed by atoms with Gasteiger partial charge in [0, 0.05) is 27.1 Å². The minimum Gasteiger partial charge on any atom is -0.506 e. The van der Waals surface area contributed by atoms with Crippen LogP contribution in [0.3, 0.4) is 0 Å². The van der Waals surface area contributed by atoms with E-state index in [1.165, 1.54) is 12.1 Å². The standard InChI is InChI=1S/C29H19N3O6S/c30-19-14-16(10-13-22(19)39(36,37)38)31-21-12-11-20-24-23(17-8-4-5-9-18(17)28(34)25(21)24)26(29(35)32-20)27(33)15-6-2-1-3-7-15/h1-14,31,33H,30H2,(H,36,37,38). The van der Waals surface area contributed by atoms with Crippen LogP contribution in [0.25, 0.3) is 27.4 Å². The normalized spacial score (nSPS) is 12.7. The van der Waals surface area contributed by atoms with Gasteiger partial charge in [-0.15, -0.1) is 0 Å². The third kappa shape index (κ3) is 3.90. The molecule has 39 heavy (non-hydrogen) atoms. The van der Waals surface area contributed by atoms with Gasteiger partial charge in [0.05, 0.1) is 27.5 Å². The molecule has 0 fully saturated rings. The molecule has 0 saturated heterocycles. The zero-order valence-corrected chi connectivity index (χ0v) is 20.9. The number of aliphatic hydroxyl groups excluding tert-OH is 1. The highest BCUT2D eigenvalue weighted by molar-refractivity contribution is 7.86. The minimum atomic E-state index is -4.51. The highest BCUT2D eigenvalue weighted by atomic mass is 32.2. The highest BCUT2D eigenvalue weighted by Crippen LogP contribution is 2.29. The van der Waals surface area contributed by atoms with E-state index in [1.54, 1.807) is 66.7 Å². The first kappa shape index (κ1) is 24.3. The lowest BCUT2D eigenvalue weighted by Crippen LogP contribution is -2.33. The topological polar surface area (TPSA) is 160 Å². The number of hydrogen-bond acceptors (Lipinski definition) is 8. The molecule has 0 aromatic heterocycles. The van der Waals surface area contributed by atoms with Crippen molar-refractivity contribution in [3.8, 4) is 0 Å². The summed E-state index contributed by atoms with van der Waals surface area (Å²) in [5, 5.41) is 16.2. The van der Waals surface area contributed by atoms with Crippen LogP contribution < -0.4 is 27.3 Å². The molecule has 9 nitrogen and oxygen atoms in total. The maximum Gasteiger partial charge on any atom is 0.296 e. The molecule has 4 aromatic carbocycles. The van der Waals surface area contributed by atoms with Gasteiger partial charge in [0.1, 0.15) is 10.7 Å². The van der Waals surface area contributed by atoms with Gasteiger partial charge in [0.25, 0.3) is 15.7 Å². The molecule has 6 rings (SSSR count). The summed E-state index contributed by atoms with van der Waals surface area (Å²) < 4.78 is 32.5. The predicted octanol–water partition coefficient (Wildman–Crippen LogP) is 3.28. The lowest BCUT2D eigenvalue weighted by molar-refractivity contribution is 0.483. The number of anilines is 3. The average Bonchev–Trinajstić information content (AvgIpc) is 2.91. The molecule has 0 amide bonds. The molecule has 2 aliphatic rings. The second-order valence-electron chi connectivity index (χ2n) is 8.99. The van der Waals surface area contributed by atoms with Gasteiger partial charge in [0.2, 0.25) is 0 Å². The average molecular weight is 538 g/mol. The second kappa shape index (κ2) is 8.76. The molecule has 1 heterocycles. The van der Waals surface area contributed by atoms with E-state index in [1.807, 2.05) is 0 Å². The Kier molecular flexibility index (Phi) is 5.45. The maximum absolute atomic E-state index is 13.8. The number of nitrogens with zero attached hydrogens (tertiary/aromatic N) is 1. The van der Waals surface area contributed by atoms with Crippen LogP contribution in [0.2, 0.25) is 0 Å². The van der Waals surface area contributed by atoms with Crippen LogP contribution in [-0.4, -0.2) is 23.1 Å². The van der Waals surface area contributed by atoms with Crippen molar-refractivity contribution in [2.45, 2.75) is 4.90 Å². The van der Waals surface area contributed by atoms with Crippen LogP contribution in [0.5, 0.6) is 0 Å². The molecule has 0 saturated carbocycles. The Labute approximate surface area is 220 Å². The van der Waals surface area contributed by atoms with Crippen molar-refractivity contribution < 1.29 is 18.1 Å². The highest BCUT2D eigenvalue weighted by Gasteiger charge is 2.19. The number of nitrogen functional groups attached to an aromatic ring is 1. The Bertz CT molecular complexity index is 2290. The maximum atomic E-state index is 13.8. The summed E-state index contributed by atoms with van der Waals surface area (Å²) in [4.78, 5) is 30.9. The number of nitrogens with two attached hydrogens (primary N) is 1. The van der Waals surface area contributed by atoms with Gasteiger partial charge < -0.3 is 16.2 Å². The summed E-state index contributed by atoms with van der Waals surface area (Å²) in [6.07, 6.45) is 0. The van der Waals surface area contributed by atoms with E-state index in [0.29, 0.717) is 38.1 Å². The molecular formula is C29H19N3O6S. The number of aromatic nitrogens is 1. The lowest BCUT2D eigenvalue weighted by atomic mass is 9.96. The van der Waals surface area contributed by atoms with Crippen LogP contribution in [0, 0.1) is 10.4 Å². The first-order valence-electron chi connectivity index (χ1n) is 11.7. The largest absolute Gasteiger partial charge is 0.506 e. The summed E-state index contributed by atoms with van der Waals surface area (Å²) in [7, 11) is -4.51. The van der Waals surface area contributed by atoms with Crippen LogP contribution in [0.4, 0.5) is 17.1 Å². The molecule has 5 N–H and O–H groups in total. The van der Waals surface area contributed by atoms with Crippen LogP contribution in [0.15, 0.2) is 99.4 Å². The van der Waals surface area contributed by atoms with E-state index in [4.69, 9.17) is 5.73 Å². The zero-order valence-electron chi connectivity index (χ0n) is 20.0. The molecule has 0 atom stereocenters. The lowest BCUT2D eigenvalue weighted by Gasteiger charge is -2.13. The summed E-state index contributed by atoms with van der Waals surface area (Å²) in [6, 6.07) is 22.5. The number of nitrogens with one attached hydrogen (secondary N) is 1. The first-order valence-corrected chi connectivity index (χ1v) is 13.2. The molecule has 0 spiro atoms. The van der Waals surface area contributed by atoms with Gasteiger partial charge in [-0.25, -0.2) is 4.98 Å². The van der Waals surface area contributed by atoms with Crippen molar-refractivity contribution in [3.05, 3.63) is 127 Å². The molecule has 0 radical (unpaired) electrons. The summed E-state index contributed by atoms with van der Waals surface area (Å²) in [5.41, 5.74) is 6.13. The second-order valence-corrected chi connectivity index (χ2v) is 10.4. The van der Waals surface area contributed by atoms with E-state index in [9.17, 15) is 27.7 Å². The van der Waals surface area contributed by atoms with Gasteiger partial charge in [-0.05, 0) is 35.7 Å². The third-order valence-corrected chi connectivity index (χ3v) is 7.57. The molecule has 0 bridgehead atoms. The number of fused-ring (bicyclic) bond motifs is 2. The van der Waals surface area contributed by atoms with Crippen LogP contribution in [0.1, 0.15) is 5.56 Å². The molecule has 1 aliphatic heterocycles. The molecule has 1 aliphatic carbocycles. The monoisotopic (exact) mass is 537 g/mol. The smallest absolute Gasteiger partial charge is 0.296 e. The van der Waals surface area contributed by atoms with Crippen LogP contribution >= 0.6 is 0 Å². The van der Waals surface area contributed by atoms with Crippen LogP contribution in [-0.2, 0) is 10.1 Å². The van der Waals surface area contributed by atoms with E-state index >= 15 is 0 Å². The Morgan fingerprint density at radius 1 is 0.846 bits per heavy atom. The number of benzene rings is 4. The fourth-order valence-electron chi connectivity index (χ4n) is 4.95. The molecular weight excluding hydrogens is 518 g/mol.